The summed E-state index contributed by atoms with van der Waals surface area (Å²) in [5.41, 5.74) is -0.899. The second-order valence-corrected chi connectivity index (χ2v) is 5.29. The van der Waals surface area contributed by atoms with Crippen LogP contribution in [0.5, 0.6) is 0 Å². The molecule has 3 nitrogen and oxygen atoms in total. The zero-order chi connectivity index (χ0) is 12.6. The summed E-state index contributed by atoms with van der Waals surface area (Å²) in [4.78, 5) is 24.0. The molecule has 16 heavy (non-hydrogen) atoms. The van der Waals surface area contributed by atoms with Crippen molar-refractivity contribution >= 4 is 11.8 Å². The van der Waals surface area contributed by atoms with Crippen LogP contribution in [-0.4, -0.2) is 17.4 Å². The van der Waals surface area contributed by atoms with Crippen LogP contribution >= 0.6 is 0 Å². The summed E-state index contributed by atoms with van der Waals surface area (Å²) in [5, 5.41) is 0. The molecule has 0 unspecified atom stereocenters. The standard InChI is InChI=1S/C13H20O3/c1-6-10(14)13(8-7-9(13)2)11(15)16-12(3,4)5/h2,6-8H2,1,3-5H3/t13-/m1/s1. The Morgan fingerprint density at radius 2 is 2.00 bits per heavy atom. The van der Waals surface area contributed by atoms with Crippen molar-refractivity contribution in [2.24, 2.45) is 5.41 Å². The lowest BCUT2D eigenvalue weighted by Crippen LogP contribution is -2.49. The number of esters is 1. The minimum atomic E-state index is -1.04. The van der Waals surface area contributed by atoms with Gasteiger partial charge in [-0.1, -0.05) is 19.1 Å². The first-order valence-electron chi connectivity index (χ1n) is 5.69. The summed E-state index contributed by atoms with van der Waals surface area (Å²) < 4.78 is 5.32. The van der Waals surface area contributed by atoms with Crippen molar-refractivity contribution in [1.29, 1.82) is 0 Å². The van der Waals surface area contributed by atoms with Crippen molar-refractivity contribution in [3.05, 3.63) is 12.2 Å². The molecular formula is C13H20O3. The van der Waals surface area contributed by atoms with Crippen LogP contribution in [0.15, 0.2) is 12.2 Å². The third kappa shape index (κ3) is 2.04. The molecule has 1 aliphatic carbocycles. The number of carbonyl (C=O) groups excluding carboxylic acids is 2. The fourth-order valence-electron chi connectivity index (χ4n) is 1.92. The number of carbonyl (C=O) groups is 2. The Balaban J connectivity index is 2.92. The maximum absolute atomic E-state index is 12.1. The van der Waals surface area contributed by atoms with Gasteiger partial charge in [0.1, 0.15) is 11.0 Å². The Hall–Kier alpha value is -1.12. The van der Waals surface area contributed by atoms with Gasteiger partial charge in [-0.3, -0.25) is 9.59 Å². The van der Waals surface area contributed by atoms with Crippen LogP contribution < -0.4 is 0 Å². The molecule has 1 aliphatic rings. The zero-order valence-electron chi connectivity index (χ0n) is 10.6. The highest BCUT2D eigenvalue weighted by Gasteiger charge is 2.54. The van der Waals surface area contributed by atoms with Gasteiger partial charge in [0.25, 0.3) is 0 Å². The van der Waals surface area contributed by atoms with Gasteiger partial charge in [0.15, 0.2) is 5.78 Å². The molecular weight excluding hydrogens is 204 g/mol. The molecule has 1 atom stereocenters. The van der Waals surface area contributed by atoms with Crippen molar-refractivity contribution < 1.29 is 14.3 Å². The van der Waals surface area contributed by atoms with Gasteiger partial charge in [-0.2, -0.15) is 0 Å². The van der Waals surface area contributed by atoms with E-state index in [2.05, 4.69) is 6.58 Å². The molecule has 90 valence electrons. The van der Waals surface area contributed by atoms with Crippen LogP contribution in [0.1, 0.15) is 47.0 Å². The van der Waals surface area contributed by atoms with Gasteiger partial charge in [-0.15, -0.1) is 0 Å². The quantitative estimate of drug-likeness (QED) is 0.420. The fourth-order valence-corrected chi connectivity index (χ4v) is 1.92. The molecule has 0 radical (unpaired) electrons. The molecule has 0 aromatic heterocycles. The average Bonchev–Trinajstić information content (AvgIpc) is 2.13. The van der Waals surface area contributed by atoms with Crippen molar-refractivity contribution in [3.8, 4) is 0 Å². The van der Waals surface area contributed by atoms with E-state index in [9.17, 15) is 9.59 Å². The van der Waals surface area contributed by atoms with Gasteiger partial charge in [0, 0.05) is 6.42 Å². The van der Waals surface area contributed by atoms with Gasteiger partial charge >= 0.3 is 5.97 Å². The largest absolute Gasteiger partial charge is 0.459 e. The molecule has 3 heteroatoms. The van der Waals surface area contributed by atoms with E-state index in [4.69, 9.17) is 4.74 Å². The lowest BCUT2D eigenvalue weighted by atomic mass is 9.62. The van der Waals surface area contributed by atoms with Gasteiger partial charge in [0.2, 0.25) is 0 Å². The van der Waals surface area contributed by atoms with E-state index in [1.807, 2.05) is 0 Å². The first-order chi connectivity index (χ1) is 7.24. The second-order valence-electron chi connectivity index (χ2n) is 5.29. The van der Waals surface area contributed by atoms with E-state index < -0.39 is 17.0 Å². The first kappa shape index (κ1) is 12.9. The monoisotopic (exact) mass is 224 g/mol. The summed E-state index contributed by atoms with van der Waals surface area (Å²) in [6.07, 6.45) is 1.64. The third-order valence-corrected chi connectivity index (χ3v) is 2.95. The minimum Gasteiger partial charge on any atom is -0.459 e. The molecule has 0 bridgehead atoms. The van der Waals surface area contributed by atoms with E-state index in [1.165, 1.54) is 0 Å². The normalized spacial score (nSPS) is 24.9. The number of Topliss-reactive ketones (excluding diaryl/α,β-unsaturated/α-hetero) is 1. The molecule has 0 aromatic carbocycles. The highest BCUT2D eigenvalue weighted by Crippen LogP contribution is 2.48. The number of rotatable bonds is 3. The van der Waals surface area contributed by atoms with Gasteiger partial charge < -0.3 is 4.74 Å². The van der Waals surface area contributed by atoms with Crippen molar-refractivity contribution in [2.45, 2.75) is 52.6 Å². The number of ether oxygens (including phenoxy) is 1. The topological polar surface area (TPSA) is 43.4 Å². The summed E-state index contributed by atoms with van der Waals surface area (Å²) in [6, 6.07) is 0. The lowest BCUT2D eigenvalue weighted by Gasteiger charge is -2.41. The van der Waals surface area contributed by atoms with Gasteiger partial charge in [0.05, 0.1) is 0 Å². The third-order valence-electron chi connectivity index (χ3n) is 2.95. The number of hydrogen-bond acceptors (Lipinski definition) is 3. The SMILES string of the molecule is C=C1CC[C@@]1(C(=O)CC)C(=O)OC(C)(C)C. The van der Waals surface area contributed by atoms with E-state index in [0.717, 1.165) is 6.42 Å². The average molecular weight is 224 g/mol. The smallest absolute Gasteiger partial charge is 0.324 e. The van der Waals surface area contributed by atoms with Crippen LogP contribution in [0.4, 0.5) is 0 Å². The van der Waals surface area contributed by atoms with E-state index in [1.54, 1.807) is 27.7 Å². The Morgan fingerprint density at radius 1 is 1.44 bits per heavy atom. The second kappa shape index (κ2) is 4.04. The van der Waals surface area contributed by atoms with Crippen molar-refractivity contribution in [2.75, 3.05) is 0 Å². The van der Waals surface area contributed by atoms with Crippen LogP contribution in [0.2, 0.25) is 0 Å². The molecule has 1 fully saturated rings. The highest BCUT2D eigenvalue weighted by molar-refractivity contribution is 6.08. The molecule has 1 saturated carbocycles. The maximum Gasteiger partial charge on any atom is 0.324 e. The summed E-state index contributed by atoms with van der Waals surface area (Å²) in [7, 11) is 0. The van der Waals surface area contributed by atoms with Crippen LogP contribution in [0.3, 0.4) is 0 Å². The summed E-state index contributed by atoms with van der Waals surface area (Å²) >= 11 is 0. The molecule has 0 N–H and O–H groups in total. The van der Waals surface area contributed by atoms with Crippen LogP contribution in [0, 0.1) is 5.41 Å². The van der Waals surface area contributed by atoms with Crippen LogP contribution in [-0.2, 0) is 14.3 Å². The van der Waals surface area contributed by atoms with E-state index in [0.29, 0.717) is 18.4 Å². The Morgan fingerprint density at radius 3 is 2.25 bits per heavy atom. The van der Waals surface area contributed by atoms with Gasteiger partial charge in [-0.05, 0) is 33.6 Å². The number of ketones is 1. The predicted octanol–water partition coefficient (Wildman–Crippen LogP) is 2.64. The molecule has 0 spiro atoms. The Kier molecular flexibility index (Phi) is 3.27. The number of hydrogen-bond donors (Lipinski definition) is 0. The predicted molar refractivity (Wildman–Crippen MR) is 62.0 cm³/mol. The van der Waals surface area contributed by atoms with Crippen LogP contribution in [0.25, 0.3) is 0 Å². The van der Waals surface area contributed by atoms with Crippen molar-refractivity contribution in [1.82, 2.24) is 0 Å². The molecule has 0 amide bonds. The zero-order valence-corrected chi connectivity index (χ0v) is 10.6. The molecule has 0 aliphatic heterocycles. The summed E-state index contributed by atoms with van der Waals surface area (Å²) in [6.45, 7) is 11.0. The molecule has 0 aromatic rings. The molecule has 0 saturated heterocycles. The Labute approximate surface area is 96.9 Å². The summed E-state index contributed by atoms with van der Waals surface area (Å²) in [5.74, 6) is -0.499. The first-order valence-corrected chi connectivity index (χ1v) is 5.69. The maximum atomic E-state index is 12.1. The minimum absolute atomic E-state index is 0.0713. The highest BCUT2D eigenvalue weighted by atomic mass is 16.6. The van der Waals surface area contributed by atoms with Crippen molar-refractivity contribution in [3.63, 3.8) is 0 Å². The lowest BCUT2D eigenvalue weighted by molar-refractivity contribution is -0.171. The van der Waals surface area contributed by atoms with E-state index in [-0.39, 0.29) is 5.78 Å². The molecule has 1 rings (SSSR count). The van der Waals surface area contributed by atoms with E-state index >= 15 is 0 Å². The Bertz CT molecular complexity index is 336. The van der Waals surface area contributed by atoms with Gasteiger partial charge in [-0.25, -0.2) is 0 Å². The molecule has 0 heterocycles. The fraction of sp³-hybridized carbons (Fsp3) is 0.692.